The minimum Gasteiger partial charge on any atom is -0.416 e. The lowest BCUT2D eigenvalue weighted by molar-refractivity contribution is -0.118. The molecule has 0 atom stereocenters. The number of carbonyl (C=O) groups is 4. The van der Waals surface area contributed by atoms with E-state index in [0.717, 1.165) is 0 Å². The summed E-state index contributed by atoms with van der Waals surface area (Å²) in [6.45, 7) is -1.05. The molecule has 0 aromatic heterocycles. The Kier molecular flexibility index (Phi) is 33.6. The van der Waals surface area contributed by atoms with Crippen LogP contribution in [0.25, 0.3) is 0 Å². The number of nitrogens with two attached hydrogens (primary N) is 2. The molecule has 22 heavy (non-hydrogen) atoms. The number of ether oxygens (including phenoxy) is 2. The van der Waals surface area contributed by atoms with Gasteiger partial charge in [0.1, 0.15) is 6.79 Å². The van der Waals surface area contributed by atoms with Crippen molar-refractivity contribution in [2.45, 2.75) is 6.42 Å². The van der Waals surface area contributed by atoms with Crippen LogP contribution in [-0.4, -0.2) is 51.8 Å². The van der Waals surface area contributed by atoms with Gasteiger partial charge >= 0.3 is 10.9 Å². The molecule has 0 rings (SSSR count). The molecule has 0 radical (unpaired) electrons. The number of aliphatic hydroxyl groups is 2. The minimum atomic E-state index is -1.05. The lowest BCUT2D eigenvalue weighted by Crippen LogP contribution is -2.08. The zero-order valence-electron chi connectivity index (χ0n) is 10.8. The van der Waals surface area contributed by atoms with E-state index >= 15 is 0 Å². The first-order valence-corrected chi connectivity index (χ1v) is 6.23. The highest BCUT2D eigenvalue weighted by Gasteiger charge is 2.00. The van der Waals surface area contributed by atoms with Gasteiger partial charge in [0.15, 0.2) is 0 Å². The van der Waals surface area contributed by atoms with Crippen molar-refractivity contribution in [2.24, 2.45) is 11.5 Å². The standard InChI is InChI=1S/C3H2Cl2O4.C3H2Cl2O2.CH6N2.CH4O2/c4-2(6)8-1-9-3(5)7;4-2(6)1-3(5)7;2*2-1-3/h1H2;1H2;1-3H2;2-3H,1H2. The maximum atomic E-state index is 9.73. The van der Waals surface area contributed by atoms with E-state index in [4.69, 9.17) is 33.4 Å². The quantitative estimate of drug-likeness (QED) is 0.289. The molecule has 0 aromatic carbocycles. The zero-order valence-corrected chi connectivity index (χ0v) is 13.9. The van der Waals surface area contributed by atoms with Gasteiger partial charge in [0.25, 0.3) is 0 Å². The van der Waals surface area contributed by atoms with Crippen molar-refractivity contribution in [1.82, 2.24) is 0 Å². The van der Waals surface area contributed by atoms with Gasteiger partial charge in [-0.2, -0.15) is 0 Å². The van der Waals surface area contributed by atoms with Crippen LogP contribution in [0.5, 0.6) is 0 Å². The molecule has 0 aromatic rings. The summed E-state index contributed by atoms with van der Waals surface area (Å²) in [5, 5.41) is 12.8. The summed E-state index contributed by atoms with van der Waals surface area (Å²) in [5.41, 5.74) is 7.15. The van der Waals surface area contributed by atoms with Gasteiger partial charge in [-0.15, -0.1) is 0 Å². The lowest BCUT2D eigenvalue weighted by Gasteiger charge is -1.96. The highest BCUT2D eigenvalue weighted by Crippen LogP contribution is 1.92. The van der Waals surface area contributed by atoms with Gasteiger partial charge in [-0.3, -0.25) is 9.59 Å². The Hall–Kier alpha value is -0.720. The number of hydrogen-bond acceptors (Lipinski definition) is 10. The largest absolute Gasteiger partial charge is 0.416 e. The van der Waals surface area contributed by atoms with Crippen LogP contribution in [0.4, 0.5) is 9.59 Å². The molecule has 0 aliphatic heterocycles. The van der Waals surface area contributed by atoms with Gasteiger partial charge in [-0.25, -0.2) is 9.59 Å². The molecule has 0 aliphatic rings. The van der Waals surface area contributed by atoms with Gasteiger partial charge in [-0.05, 0) is 23.2 Å². The van der Waals surface area contributed by atoms with Gasteiger partial charge in [-0.1, -0.05) is 0 Å². The third kappa shape index (κ3) is 74.8. The Balaban J connectivity index is -0.000000110. The molecule has 14 heteroatoms. The van der Waals surface area contributed by atoms with E-state index in [1.54, 1.807) is 0 Å². The van der Waals surface area contributed by atoms with Crippen molar-refractivity contribution in [3.05, 3.63) is 0 Å². The molecular formula is C8H14Cl4N2O8. The first-order chi connectivity index (χ1) is 10.1. The number of halogens is 4. The second-order valence-corrected chi connectivity index (χ2v) is 3.61. The van der Waals surface area contributed by atoms with E-state index in [0.29, 0.717) is 0 Å². The van der Waals surface area contributed by atoms with E-state index in [1.807, 2.05) is 0 Å². The highest BCUT2D eigenvalue weighted by atomic mass is 35.5. The van der Waals surface area contributed by atoms with E-state index in [-0.39, 0.29) is 13.1 Å². The van der Waals surface area contributed by atoms with Crippen molar-refractivity contribution < 1.29 is 38.9 Å². The topological polar surface area (TPSA) is 179 Å². The van der Waals surface area contributed by atoms with Crippen molar-refractivity contribution >= 4 is 67.7 Å². The maximum Gasteiger partial charge on any atom is 0.406 e. The molecule has 0 fully saturated rings. The van der Waals surface area contributed by atoms with E-state index in [2.05, 4.69) is 44.1 Å². The van der Waals surface area contributed by atoms with Crippen molar-refractivity contribution in [3.63, 3.8) is 0 Å². The average molecular weight is 408 g/mol. The van der Waals surface area contributed by atoms with Crippen molar-refractivity contribution in [1.29, 1.82) is 0 Å². The predicted octanol–water partition coefficient (Wildman–Crippen LogP) is 0.392. The van der Waals surface area contributed by atoms with Gasteiger partial charge in [0.2, 0.25) is 17.3 Å². The predicted molar refractivity (Wildman–Crippen MR) is 78.4 cm³/mol. The Labute approximate surface area is 145 Å². The zero-order chi connectivity index (χ0) is 18.6. The molecule has 6 N–H and O–H groups in total. The monoisotopic (exact) mass is 406 g/mol. The SMILES string of the molecule is NCN.O=C(Cl)CC(=O)Cl.O=C(Cl)OCOC(=O)Cl.OCO. The fraction of sp³-hybridized carbons (Fsp3) is 0.500. The first-order valence-electron chi connectivity index (χ1n) is 4.71. The Morgan fingerprint density at radius 1 is 0.818 bits per heavy atom. The van der Waals surface area contributed by atoms with Crippen LogP contribution in [0.3, 0.4) is 0 Å². The van der Waals surface area contributed by atoms with Gasteiger partial charge in [0, 0.05) is 29.9 Å². The molecule has 0 unspecified atom stereocenters. The number of rotatable bonds is 4. The van der Waals surface area contributed by atoms with Crippen LogP contribution in [-0.2, 0) is 19.1 Å². The van der Waals surface area contributed by atoms with Crippen LogP contribution in [0, 0.1) is 0 Å². The van der Waals surface area contributed by atoms with Crippen LogP contribution in [0.15, 0.2) is 0 Å². The molecule has 10 nitrogen and oxygen atoms in total. The van der Waals surface area contributed by atoms with Crippen LogP contribution < -0.4 is 11.5 Å². The first kappa shape index (κ1) is 29.3. The third-order valence-corrected chi connectivity index (χ3v) is 1.11. The second kappa shape index (κ2) is 25.2. The molecule has 132 valence electrons. The van der Waals surface area contributed by atoms with E-state index < -0.39 is 34.9 Å². The molecule has 0 heterocycles. The fourth-order valence-electron chi connectivity index (χ4n) is 0.231. The fourth-order valence-corrected chi connectivity index (χ4v) is 0.632. The number of carbonyl (C=O) groups excluding carboxylic acids is 4. The van der Waals surface area contributed by atoms with Crippen LogP contribution in [0.1, 0.15) is 6.42 Å². The summed E-state index contributed by atoms with van der Waals surface area (Å²) in [6, 6.07) is 0. The summed E-state index contributed by atoms with van der Waals surface area (Å²) in [7, 11) is 0. The molecular weight excluding hydrogens is 394 g/mol. The van der Waals surface area contributed by atoms with Crippen molar-refractivity contribution in [3.8, 4) is 0 Å². The third-order valence-electron chi connectivity index (χ3n) is 0.623. The minimum absolute atomic E-state index is 0.250. The molecule has 0 amide bonds. The Morgan fingerprint density at radius 3 is 1.14 bits per heavy atom. The molecule has 0 saturated heterocycles. The molecule has 0 bridgehead atoms. The van der Waals surface area contributed by atoms with Crippen LogP contribution in [0.2, 0.25) is 0 Å². The van der Waals surface area contributed by atoms with E-state index in [1.165, 1.54) is 0 Å². The van der Waals surface area contributed by atoms with E-state index in [9.17, 15) is 19.2 Å². The second-order valence-electron chi connectivity index (χ2n) is 2.15. The lowest BCUT2D eigenvalue weighted by atomic mass is 10.5. The summed E-state index contributed by atoms with van der Waals surface area (Å²) in [5.74, 6) is 0. The van der Waals surface area contributed by atoms with Crippen LogP contribution >= 0.6 is 46.4 Å². The van der Waals surface area contributed by atoms with Gasteiger partial charge < -0.3 is 31.2 Å². The normalized spacial score (nSPS) is 7.64. The Morgan fingerprint density at radius 2 is 1.05 bits per heavy atom. The smallest absolute Gasteiger partial charge is 0.406 e. The summed E-state index contributed by atoms with van der Waals surface area (Å²) < 4.78 is 7.90. The average Bonchev–Trinajstić information content (AvgIpc) is 2.28. The van der Waals surface area contributed by atoms with Gasteiger partial charge in [0.05, 0.1) is 6.42 Å². The number of hydrogen-bond donors (Lipinski definition) is 4. The summed E-state index contributed by atoms with van der Waals surface area (Å²) >= 11 is 18.8. The summed E-state index contributed by atoms with van der Waals surface area (Å²) in [4.78, 5) is 38.9. The highest BCUT2D eigenvalue weighted by molar-refractivity contribution is 6.72. The molecule has 0 spiro atoms. The Bertz CT molecular complexity index is 291. The molecule has 0 aliphatic carbocycles. The number of aliphatic hydroxyl groups excluding tert-OH is 1. The summed E-state index contributed by atoms with van der Waals surface area (Å²) in [6.07, 6.45) is -0.386. The maximum absolute atomic E-state index is 9.73. The molecule has 0 saturated carbocycles. The van der Waals surface area contributed by atoms with Crippen molar-refractivity contribution in [2.75, 3.05) is 20.3 Å².